The average Bonchev–Trinajstić information content (AvgIpc) is 2.33. The van der Waals surface area contributed by atoms with Crippen LogP contribution in [0.25, 0.3) is 0 Å². The number of piperazine rings is 1. The molecule has 1 unspecified atom stereocenters. The third-order valence-electron chi connectivity index (χ3n) is 3.36. The summed E-state index contributed by atoms with van der Waals surface area (Å²) < 4.78 is 0. The Bertz CT molecular complexity index is 307. The second-order valence-electron chi connectivity index (χ2n) is 5.15. The van der Waals surface area contributed by atoms with Crippen LogP contribution in [-0.2, 0) is 9.59 Å². The Hall–Kier alpha value is -0.580. The first-order valence-corrected chi connectivity index (χ1v) is 7.79. The Balaban J connectivity index is 2.60. The molecule has 1 heterocycles. The van der Waals surface area contributed by atoms with Gasteiger partial charge in [0.1, 0.15) is 0 Å². The maximum absolute atomic E-state index is 12.0. The van der Waals surface area contributed by atoms with Crippen molar-refractivity contribution < 1.29 is 9.59 Å². The van der Waals surface area contributed by atoms with Gasteiger partial charge in [0.25, 0.3) is 0 Å². The molecule has 0 aromatic carbocycles. The van der Waals surface area contributed by atoms with Crippen molar-refractivity contribution >= 4 is 27.7 Å². The fraction of sp³-hybridized carbons (Fsp3) is 0.846. The van der Waals surface area contributed by atoms with Crippen LogP contribution in [-0.4, -0.2) is 52.6 Å². The summed E-state index contributed by atoms with van der Waals surface area (Å²) in [6, 6.07) is 0.103. The molecule has 5 heteroatoms. The van der Waals surface area contributed by atoms with E-state index in [1.807, 2.05) is 13.8 Å². The first kappa shape index (κ1) is 15.5. The van der Waals surface area contributed by atoms with Crippen LogP contribution < -0.4 is 0 Å². The van der Waals surface area contributed by atoms with Crippen LogP contribution in [0, 0.1) is 5.92 Å². The summed E-state index contributed by atoms with van der Waals surface area (Å²) in [5.74, 6) is -0.240. The molecular formula is C13H23BrN2O2. The molecular weight excluding hydrogens is 296 g/mol. The lowest BCUT2D eigenvalue weighted by Crippen LogP contribution is -2.57. The van der Waals surface area contributed by atoms with E-state index in [-0.39, 0.29) is 17.9 Å². The number of amides is 2. The molecule has 0 bridgehead atoms. The lowest BCUT2D eigenvalue weighted by molar-refractivity contribution is -0.157. The standard InChI is InChI=1S/C13H23BrN2O2/c1-4-5-11(8-14)9-15-6-7-16(10(2)3)13(18)12(15)17/h10-11H,4-9H2,1-3H3. The minimum Gasteiger partial charge on any atom is -0.332 e. The van der Waals surface area contributed by atoms with Gasteiger partial charge in [-0.1, -0.05) is 29.3 Å². The van der Waals surface area contributed by atoms with Crippen LogP contribution in [0.3, 0.4) is 0 Å². The first-order valence-electron chi connectivity index (χ1n) is 6.67. The van der Waals surface area contributed by atoms with E-state index in [0.29, 0.717) is 25.6 Å². The van der Waals surface area contributed by atoms with Crippen LogP contribution in [0.4, 0.5) is 0 Å². The van der Waals surface area contributed by atoms with Gasteiger partial charge >= 0.3 is 11.8 Å². The van der Waals surface area contributed by atoms with Gasteiger partial charge in [-0.25, -0.2) is 0 Å². The van der Waals surface area contributed by atoms with E-state index in [0.717, 1.165) is 18.2 Å². The van der Waals surface area contributed by atoms with Crippen molar-refractivity contribution in [1.29, 1.82) is 0 Å². The zero-order chi connectivity index (χ0) is 13.7. The summed E-state index contributed by atoms with van der Waals surface area (Å²) in [5.41, 5.74) is 0. The number of halogens is 1. The molecule has 0 N–H and O–H groups in total. The van der Waals surface area contributed by atoms with Crippen LogP contribution in [0.5, 0.6) is 0 Å². The normalized spacial score (nSPS) is 18.7. The van der Waals surface area contributed by atoms with E-state index in [9.17, 15) is 9.59 Å². The van der Waals surface area contributed by atoms with Crippen molar-refractivity contribution in [3.63, 3.8) is 0 Å². The molecule has 2 amide bonds. The quantitative estimate of drug-likeness (QED) is 0.554. The maximum atomic E-state index is 12.0. The first-order chi connectivity index (χ1) is 8.51. The minimum absolute atomic E-state index is 0.103. The molecule has 18 heavy (non-hydrogen) atoms. The van der Waals surface area contributed by atoms with Gasteiger partial charge in [0, 0.05) is 31.0 Å². The summed E-state index contributed by atoms with van der Waals surface area (Å²) in [5, 5.41) is 0.882. The molecule has 1 aliphatic rings. The van der Waals surface area contributed by atoms with Crippen molar-refractivity contribution in [3.05, 3.63) is 0 Å². The van der Waals surface area contributed by atoms with E-state index in [1.54, 1.807) is 9.80 Å². The highest BCUT2D eigenvalue weighted by Gasteiger charge is 2.34. The molecule has 0 radical (unpaired) electrons. The fourth-order valence-electron chi connectivity index (χ4n) is 2.29. The largest absolute Gasteiger partial charge is 0.332 e. The molecule has 1 atom stereocenters. The summed E-state index contributed by atoms with van der Waals surface area (Å²) in [6.07, 6.45) is 2.18. The van der Waals surface area contributed by atoms with Crippen LogP contribution >= 0.6 is 15.9 Å². The van der Waals surface area contributed by atoms with Gasteiger partial charge in [-0.3, -0.25) is 9.59 Å². The summed E-state index contributed by atoms with van der Waals surface area (Å²) in [7, 11) is 0. The van der Waals surface area contributed by atoms with Gasteiger partial charge in [0.15, 0.2) is 0 Å². The second-order valence-corrected chi connectivity index (χ2v) is 5.80. The Morgan fingerprint density at radius 2 is 1.89 bits per heavy atom. The molecule has 1 aliphatic heterocycles. The number of rotatable bonds is 6. The number of carbonyl (C=O) groups is 2. The van der Waals surface area contributed by atoms with Gasteiger partial charge in [-0.2, -0.15) is 0 Å². The van der Waals surface area contributed by atoms with E-state index in [4.69, 9.17) is 0 Å². The Morgan fingerprint density at radius 3 is 2.39 bits per heavy atom. The number of hydrogen-bond donors (Lipinski definition) is 0. The van der Waals surface area contributed by atoms with Crippen molar-refractivity contribution in [2.75, 3.05) is 25.0 Å². The maximum Gasteiger partial charge on any atom is 0.312 e. The molecule has 0 spiro atoms. The van der Waals surface area contributed by atoms with Gasteiger partial charge in [-0.05, 0) is 26.2 Å². The van der Waals surface area contributed by atoms with Gasteiger partial charge < -0.3 is 9.80 Å². The zero-order valence-corrected chi connectivity index (χ0v) is 13.1. The highest BCUT2D eigenvalue weighted by molar-refractivity contribution is 9.09. The number of hydrogen-bond acceptors (Lipinski definition) is 2. The molecule has 1 rings (SSSR count). The smallest absolute Gasteiger partial charge is 0.312 e. The number of nitrogens with zero attached hydrogens (tertiary/aromatic N) is 2. The summed E-state index contributed by atoms with van der Waals surface area (Å²) in [4.78, 5) is 27.3. The topological polar surface area (TPSA) is 40.6 Å². The van der Waals surface area contributed by atoms with E-state index < -0.39 is 0 Å². The summed E-state index contributed by atoms with van der Waals surface area (Å²) in [6.45, 7) is 8.03. The van der Waals surface area contributed by atoms with Crippen LogP contribution in [0.1, 0.15) is 33.6 Å². The number of carbonyl (C=O) groups excluding carboxylic acids is 2. The predicted molar refractivity (Wildman–Crippen MR) is 75.6 cm³/mol. The lowest BCUT2D eigenvalue weighted by Gasteiger charge is -2.37. The van der Waals surface area contributed by atoms with Crippen molar-refractivity contribution in [1.82, 2.24) is 9.80 Å². The minimum atomic E-state index is -0.346. The molecule has 1 fully saturated rings. The van der Waals surface area contributed by atoms with Gasteiger partial charge in [0.05, 0.1) is 0 Å². The third kappa shape index (κ3) is 3.70. The predicted octanol–water partition coefficient (Wildman–Crippen LogP) is 1.88. The van der Waals surface area contributed by atoms with E-state index in [2.05, 4.69) is 22.9 Å². The molecule has 0 aromatic heterocycles. The highest BCUT2D eigenvalue weighted by atomic mass is 79.9. The Labute approximate surface area is 118 Å². The highest BCUT2D eigenvalue weighted by Crippen LogP contribution is 2.15. The van der Waals surface area contributed by atoms with E-state index >= 15 is 0 Å². The second kappa shape index (κ2) is 7.12. The van der Waals surface area contributed by atoms with Gasteiger partial charge in [0.2, 0.25) is 0 Å². The monoisotopic (exact) mass is 318 g/mol. The third-order valence-corrected chi connectivity index (χ3v) is 4.27. The molecule has 0 saturated carbocycles. The van der Waals surface area contributed by atoms with Gasteiger partial charge in [-0.15, -0.1) is 0 Å². The lowest BCUT2D eigenvalue weighted by atomic mass is 10.0. The molecule has 0 aromatic rings. The molecule has 4 nitrogen and oxygen atoms in total. The Morgan fingerprint density at radius 1 is 1.22 bits per heavy atom. The van der Waals surface area contributed by atoms with Crippen LogP contribution in [0.2, 0.25) is 0 Å². The van der Waals surface area contributed by atoms with Crippen LogP contribution in [0.15, 0.2) is 0 Å². The number of alkyl halides is 1. The SMILES string of the molecule is CCCC(CBr)CN1CCN(C(C)C)C(=O)C1=O. The molecule has 1 saturated heterocycles. The summed E-state index contributed by atoms with van der Waals surface area (Å²) >= 11 is 3.48. The Kier molecular flexibility index (Phi) is 6.12. The van der Waals surface area contributed by atoms with Crippen molar-refractivity contribution in [2.24, 2.45) is 5.92 Å². The fourth-order valence-corrected chi connectivity index (χ4v) is 2.82. The molecule has 104 valence electrons. The van der Waals surface area contributed by atoms with E-state index in [1.165, 1.54) is 0 Å². The zero-order valence-electron chi connectivity index (χ0n) is 11.5. The van der Waals surface area contributed by atoms with Crippen molar-refractivity contribution in [3.8, 4) is 0 Å². The van der Waals surface area contributed by atoms with Crippen molar-refractivity contribution in [2.45, 2.75) is 39.7 Å². The average molecular weight is 319 g/mol. The molecule has 0 aliphatic carbocycles.